The van der Waals surface area contributed by atoms with Crippen LogP contribution < -0.4 is 5.32 Å². The van der Waals surface area contributed by atoms with Gasteiger partial charge in [-0.1, -0.05) is 23.7 Å². The van der Waals surface area contributed by atoms with E-state index in [9.17, 15) is 0 Å². The van der Waals surface area contributed by atoms with Gasteiger partial charge in [-0.15, -0.1) is 0 Å². The van der Waals surface area contributed by atoms with Gasteiger partial charge in [-0.2, -0.15) is 0 Å². The van der Waals surface area contributed by atoms with Crippen molar-refractivity contribution in [1.29, 1.82) is 0 Å². The lowest BCUT2D eigenvalue weighted by Crippen LogP contribution is -2.31. The van der Waals surface area contributed by atoms with E-state index >= 15 is 0 Å². The Morgan fingerprint density at radius 1 is 1.43 bits per heavy atom. The van der Waals surface area contributed by atoms with Crippen LogP contribution in [0.4, 0.5) is 0 Å². The second-order valence-corrected chi connectivity index (χ2v) is 3.96. The first-order chi connectivity index (χ1) is 6.63. The van der Waals surface area contributed by atoms with E-state index in [1.165, 1.54) is 0 Å². The van der Waals surface area contributed by atoms with Gasteiger partial charge in [0.1, 0.15) is 0 Å². The molecule has 1 unspecified atom stereocenters. The van der Waals surface area contributed by atoms with Crippen molar-refractivity contribution < 1.29 is 5.11 Å². The van der Waals surface area contributed by atoms with E-state index in [0.29, 0.717) is 0 Å². The zero-order valence-electron chi connectivity index (χ0n) is 8.50. The van der Waals surface area contributed by atoms with Gasteiger partial charge in [0.25, 0.3) is 0 Å². The van der Waals surface area contributed by atoms with Crippen LogP contribution in [0.25, 0.3) is 0 Å². The number of benzene rings is 1. The maximum atomic E-state index is 8.90. The molecule has 1 aromatic rings. The molecule has 0 spiro atoms. The molecule has 0 aliphatic carbocycles. The molecule has 0 bridgehead atoms. The van der Waals surface area contributed by atoms with Crippen molar-refractivity contribution in [2.45, 2.75) is 25.9 Å². The fourth-order valence-corrected chi connectivity index (χ4v) is 1.55. The van der Waals surface area contributed by atoms with Crippen LogP contribution in [0.5, 0.6) is 0 Å². The Bertz CT molecular complexity index is 290. The van der Waals surface area contributed by atoms with Crippen LogP contribution in [0.15, 0.2) is 24.3 Å². The third-order valence-corrected chi connectivity index (χ3v) is 2.39. The van der Waals surface area contributed by atoms with E-state index in [1.54, 1.807) is 0 Å². The van der Waals surface area contributed by atoms with Crippen LogP contribution in [0.3, 0.4) is 0 Å². The summed E-state index contributed by atoms with van der Waals surface area (Å²) >= 11 is 5.88. The number of halogens is 1. The van der Waals surface area contributed by atoms with Crippen LogP contribution in [-0.4, -0.2) is 17.8 Å². The molecule has 0 radical (unpaired) electrons. The molecule has 2 atom stereocenters. The predicted octanol–water partition coefficient (Wildman–Crippen LogP) is 2.37. The molecular formula is C11H16ClNO. The Hall–Kier alpha value is -0.570. The molecule has 1 rings (SSSR count). The lowest BCUT2D eigenvalue weighted by Gasteiger charge is -2.18. The number of aliphatic hydroxyl groups is 1. The summed E-state index contributed by atoms with van der Waals surface area (Å²) in [5, 5.41) is 12.9. The van der Waals surface area contributed by atoms with E-state index in [2.05, 4.69) is 12.2 Å². The van der Waals surface area contributed by atoms with Crippen LogP contribution in [0.1, 0.15) is 25.5 Å². The van der Waals surface area contributed by atoms with Gasteiger partial charge in [0, 0.05) is 17.1 Å². The summed E-state index contributed by atoms with van der Waals surface area (Å²) in [5.41, 5.74) is 1.14. The maximum Gasteiger partial charge on any atom is 0.0582 e. The number of hydrogen-bond donors (Lipinski definition) is 2. The number of aliphatic hydroxyl groups excluding tert-OH is 1. The van der Waals surface area contributed by atoms with Crippen LogP contribution in [0, 0.1) is 0 Å². The third kappa shape index (κ3) is 3.29. The minimum atomic E-state index is 0.101. The Labute approximate surface area is 89.9 Å². The highest BCUT2D eigenvalue weighted by molar-refractivity contribution is 6.30. The summed E-state index contributed by atoms with van der Waals surface area (Å²) in [6.45, 7) is 4.14. The van der Waals surface area contributed by atoms with Crippen molar-refractivity contribution in [2.24, 2.45) is 0 Å². The monoisotopic (exact) mass is 213 g/mol. The van der Waals surface area contributed by atoms with Gasteiger partial charge in [-0.05, 0) is 31.5 Å². The number of rotatable bonds is 4. The molecule has 0 fully saturated rings. The summed E-state index contributed by atoms with van der Waals surface area (Å²) in [6.07, 6.45) is 0. The third-order valence-electron chi connectivity index (χ3n) is 2.16. The van der Waals surface area contributed by atoms with Crippen LogP contribution in [-0.2, 0) is 0 Å². The second-order valence-electron chi connectivity index (χ2n) is 3.53. The van der Waals surface area contributed by atoms with Gasteiger partial charge >= 0.3 is 0 Å². The number of nitrogens with one attached hydrogen (secondary N) is 1. The van der Waals surface area contributed by atoms with Gasteiger partial charge < -0.3 is 10.4 Å². The minimum Gasteiger partial charge on any atom is -0.395 e. The summed E-state index contributed by atoms with van der Waals surface area (Å²) < 4.78 is 0. The predicted molar refractivity (Wildman–Crippen MR) is 59.6 cm³/mol. The molecule has 0 aromatic heterocycles. The highest BCUT2D eigenvalue weighted by Gasteiger charge is 2.08. The fourth-order valence-electron chi connectivity index (χ4n) is 1.35. The average Bonchev–Trinajstić information content (AvgIpc) is 2.17. The molecule has 2 N–H and O–H groups in total. The molecule has 0 saturated heterocycles. The van der Waals surface area contributed by atoms with Crippen molar-refractivity contribution in [3.8, 4) is 0 Å². The smallest absolute Gasteiger partial charge is 0.0582 e. The van der Waals surface area contributed by atoms with Gasteiger partial charge in [0.2, 0.25) is 0 Å². The number of hydrogen-bond acceptors (Lipinski definition) is 2. The van der Waals surface area contributed by atoms with Crippen molar-refractivity contribution in [3.05, 3.63) is 34.9 Å². The van der Waals surface area contributed by atoms with E-state index in [0.717, 1.165) is 10.6 Å². The van der Waals surface area contributed by atoms with Crippen molar-refractivity contribution in [1.82, 2.24) is 5.32 Å². The Morgan fingerprint density at radius 3 is 2.71 bits per heavy atom. The van der Waals surface area contributed by atoms with E-state index in [4.69, 9.17) is 16.7 Å². The summed E-state index contributed by atoms with van der Waals surface area (Å²) in [6, 6.07) is 8.05. The normalized spacial score (nSPS) is 15.1. The zero-order chi connectivity index (χ0) is 10.6. The molecule has 0 saturated carbocycles. The van der Waals surface area contributed by atoms with Crippen molar-refractivity contribution in [2.75, 3.05) is 6.61 Å². The average molecular weight is 214 g/mol. The first-order valence-electron chi connectivity index (χ1n) is 4.76. The summed E-state index contributed by atoms with van der Waals surface area (Å²) in [4.78, 5) is 0. The Morgan fingerprint density at radius 2 is 2.14 bits per heavy atom. The summed E-state index contributed by atoms with van der Waals surface area (Å²) in [5.74, 6) is 0. The molecule has 1 aromatic carbocycles. The first-order valence-corrected chi connectivity index (χ1v) is 5.13. The summed E-state index contributed by atoms with van der Waals surface area (Å²) in [7, 11) is 0. The Balaban J connectivity index is 2.64. The fraction of sp³-hybridized carbons (Fsp3) is 0.455. The second kappa shape index (κ2) is 5.35. The standard InChI is InChI=1S/C11H16ClNO/c1-8(7-14)13-9(2)10-4-3-5-11(12)6-10/h3-6,8-9,13-14H,7H2,1-2H3/t8-,9?/m1/s1. The molecule has 78 valence electrons. The molecule has 0 heterocycles. The Kier molecular flexibility index (Phi) is 4.39. The van der Waals surface area contributed by atoms with E-state index in [1.807, 2.05) is 31.2 Å². The molecule has 0 amide bonds. The van der Waals surface area contributed by atoms with Crippen LogP contribution in [0.2, 0.25) is 5.02 Å². The van der Waals surface area contributed by atoms with Gasteiger partial charge in [0.15, 0.2) is 0 Å². The minimum absolute atomic E-state index is 0.101. The highest BCUT2D eigenvalue weighted by Crippen LogP contribution is 2.17. The lowest BCUT2D eigenvalue weighted by molar-refractivity contribution is 0.243. The van der Waals surface area contributed by atoms with Gasteiger partial charge in [-0.25, -0.2) is 0 Å². The highest BCUT2D eigenvalue weighted by atomic mass is 35.5. The molecule has 3 heteroatoms. The van der Waals surface area contributed by atoms with Crippen molar-refractivity contribution in [3.63, 3.8) is 0 Å². The zero-order valence-corrected chi connectivity index (χ0v) is 9.25. The quantitative estimate of drug-likeness (QED) is 0.805. The molecule has 0 aliphatic heterocycles. The van der Waals surface area contributed by atoms with E-state index < -0.39 is 0 Å². The SMILES string of the molecule is CC(N[C@H](C)CO)c1cccc(Cl)c1. The van der Waals surface area contributed by atoms with Gasteiger partial charge in [-0.3, -0.25) is 0 Å². The molecule has 14 heavy (non-hydrogen) atoms. The van der Waals surface area contributed by atoms with Gasteiger partial charge in [0.05, 0.1) is 6.61 Å². The molecule has 0 aliphatic rings. The van der Waals surface area contributed by atoms with E-state index in [-0.39, 0.29) is 18.7 Å². The largest absolute Gasteiger partial charge is 0.395 e. The lowest BCUT2D eigenvalue weighted by atomic mass is 10.1. The molecular weight excluding hydrogens is 198 g/mol. The first kappa shape index (κ1) is 11.5. The maximum absolute atomic E-state index is 8.90. The van der Waals surface area contributed by atoms with Crippen LogP contribution >= 0.6 is 11.6 Å². The van der Waals surface area contributed by atoms with Crippen molar-refractivity contribution >= 4 is 11.6 Å². The topological polar surface area (TPSA) is 32.3 Å². The molecule has 2 nitrogen and oxygen atoms in total.